The highest BCUT2D eigenvalue weighted by atomic mass is 79.9. The van der Waals surface area contributed by atoms with Gasteiger partial charge in [-0.25, -0.2) is 4.39 Å². The molecule has 0 spiro atoms. The minimum absolute atomic E-state index is 0.248. The van der Waals surface area contributed by atoms with E-state index in [-0.39, 0.29) is 11.6 Å². The summed E-state index contributed by atoms with van der Waals surface area (Å²) < 4.78 is 14.1. The topological polar surface area (TPSA) is 55.1 Å². The second-order valence-corrected chi connectivity index (χ2v) is 7.16. The molecule has 3 nitrogen and oxygen atoms in total. The monoisotopic (exact) mass is 432 g/mol. The average Bonchev–Trinajstić information content (AvgIpc) is 2.57. The molecule has 0 heterocycles. The van der Waals surface area contributed by atoms with Gasteiger partial charge in [-0.05, 0) is 67.1 Å². The van der Waals surface area contributed by atoms with Crippen molar-refractivity contribution in [3.63, 3.8) is 0 Å². The Morgan fingerprint density at radius 2 is 1.81 bits per heavy atom. The zero-order chi connectivity index (χ0) is 18.8. The van der Waals surface area contributed by atoms with Crippen LogP contribution in [0.15, 0.2) is 59.1 Å². The first kappa shape index (κ1) is 18.4. The Morgan fingerprint density at radius 3 is 2.46 bits per heavy atom. The van der Waals surface area contributed by atoms with Crippen LogP contribution in [0.2, 0.25) is 5.02 Å². The van der Waals surface area contributed by atoms with Crippen molar-refractivity contribution >= 4 is 50.4 Å². The Hall–Kier alpha value is -2.37. The zero-order valence-electron chi connectivity index (χ0n) is 13.8. The largest absolute Gasteiger partial charge is 0.397 e. The van der Waals surface area contributed by atoms with Gasteiger partial charge in [0.2, 0.25) is 0 Å². The van der Waals surface area contributed by atoms with E-state index in [9.17, 15) is 9.18 Å². The van der Waals surface area contributed by atoms with E-state index in [2.05, 4.69) is 21.2 Å². The molecule has 0 fully saturated rings. The fourth-order valence-electron chi connectivity index (χ4n) is 2.61. The van der Waals surface area contributed by atoms with Gasteiger partial charge >= 0.3 is 0 Å². The van der Waals surface area contributed by atoms with Crippen molar-refractivity contribution < 1.29 is 9.18 Å². The number of hydrogen-bond donors (Lipinski definition) is 2. The summed E-state index contributed by atoms with van der Waals surface area (Å²) in [6.07, 6.45) is 0. The molecule has 3 N–H and O–H groups in total. The third kappa shape index (κ3) is 3.89. The maximum absolute atomic E-state index is 13.3. The molecule has 26 heavy (non-hydrogen) atoms. The lowest BCUT2D eigenvalue weighted by atomic mass is 9.99. The highest BCUT2D eigenvalue weighted by Crippen LogP contribution is 2.30. The Kier molecular flexibility index (Phi) is 5.30. The number of anilines is 3. The fourth-order valence-corrected chi connectivity index (χ4v) is 3.25. The van der Waals surface area contributed by atoms with Crippen molar-refractivity contribution in [2.24, 2.45) is 0 Å². The normalized spacial score (nSPS) is 10.6. The first-order chi connectivity index (χ1) is 12.3. The number of halogens is 3. The summed E-state index contributed by atoms with van der Waals surface area (Å²) in [5.41, 5.74) is 9.35. The summed E-state index contributed by atoms with van der Waals surface area (Å²) in [5, 5.41) is 3.48. The molecule has 3 aromatic carbocycles. The summed E-state index contributed by atoms with van der Waals surface area (Å²) in [6.45, 7) is 1.69. The number of hydrogen-bond acceptors (Lipinski definition) is 3. The number of carbonyl (C=O) groups excluding carboxylic acids is 1. The number of carbonyl (C=O) groups is 1. The molecule has 0 bridgehead atoms. The van der Waals surface area contributed by atoms with Crippen LogP contribution < -0.4 is 11.1 Å². The molecule has 0 aliphatic heterocycles. The lowest BCUT2D eigenvalue weighted by Crippen LogP contribution is -2.05. The van der Waals surface area contributed by atoms with Crippen LogP contribution in [0, 0.1) is 12.7 Å². The Bertz CT molecular complexity index is 1010. The van der Waals surface area contributed by atoms with E-state index in [1.807, 2.05) is 12.1 Å². The third-order valence-electron chi connectivity index (χ3n) is 3.94. The highest BCUT2D eigenvalue weighted by molar-refractivity contribution is 9.10. The predicted octanol–water partition coefficient (Wildman–Crippen LogP) is 6.11. The van der Waals surface area contributed by atoms with Crippen LogP contribution in [0.1, 0.15) is 21.5 Å². The molecule has 0 aliphatic carbocycles. The maximum atomic E-state index is 13.3. The molecule has 3 rings (SSSR count). The van der Waals surface area contributed by atoms with Crippen LogP contribution in [-0.4, -0.2) is 5.78 Å². The van der Waals surface area contributed by atoms with Crippen LogP contribution >= 0.6 is 27.5 Å². The smallest absolute Gasteiger partial charge is 0.194 e. The number of ketones is 1. The molecule has 0 saturated carbocycles. The van der Waals surface area contributed by atoms with E-state index in [1.54, 1.807) is 31.2 Å². The van der Waals surface area contributed by atoms with Crippen molar-refractivity contribution in [2.75, 3.05) is 11.1 Å². The molecular weight excluding hydrogens is 419 g/mol. The molecule has 132 valence electrons. The minimum Gasteiger partial charge on any atom is -0.397 e. The van der Waals surface area contributed by atoms with Gasteiger partial charge in [0.05, 0.1) is 16.4 Å². The lowest BCUT2D eigenvalue weighted by molar-refractivity contribution is 0.103. The summed E-state index contributed by atoms with van der Waals surface area (Å²) in [4.78, 5) is 12.7. The Labute approximate surface area is 164 Å². The van der Waals surface area contributed by atoms with E-state index in [0.29, 0.717) is 33.1 Å². The van der Waals surface area contributed by atoms with E-state index in [1.165, 1.54) is 18.2 Å². The van der Waals surface area contributed by atoms with Crippen LogP contribution in [-0.2, 0) is 0 Å². The SMILES string of the molecule is Cc1cc(F)ccc1C(=O)c1ccc(Nc2ccc(Br)cc2N)cc1Cl. The van der Waals surface area contributed by atoms with Gasteiger partial charge < -0.3 is 11.1 Å². The molecular formula is C20H15BrClFN2O. The van der Waals surface area contributed by atoms with Crippen molar-refractivity contribution in [1.29, 1.82) is 0 Å². The van der Waals surface area contributed by atoms with E-state index >= 15 is 0 Å². The van der Waals surface area contributed by atoms with Gasteiger partial charge in [-0.1, -0.05) is 27.5 Å². The van der Waals surface area contributed by atoms with Gasteiger partial charge in [-0.2, -0.15) is 0 Å². The molecule has 6 heteroatoms. The predicted molar refractivity (Wildman–Crippen MR) is 108 cm³/mol. The fraction of sp³-hybridized carbons (Fsp3) is 0.0500. The zero-order valence-corrected chi connectivity index (χ0v) is 16.2. The quantitative estimate of drug-likeness (QED) is 0.386. The van der Waals surface area contributed by atoms with Crippen molar-refractivity contribution in [2.45, 2.75) is 6.92 Å². The maximum Gasteiger partial charge on any atom is 0.194 e. The molecule has 0 aromatic heterocycles. The molecule has 0 aliphatic rings. The minimum atomic E-state index is -0.378. The second-order valence-electron chi connectivity index (χ2n) is 5.84. The van der Waals surface area contributed by atoms with Crippen molar-refractivity contribution in [3.8, 4) is 0 Å². The number of aryl methyl sites for hydroxylation is 1. The van der Waals surface area contributed by atoms with Crippen molar-refractivity contribution in [3.05, 3.63) is 86.6 Å². The number of nitrogens with one attached hydrogen (secondary N) is 1. The van der Waals surface area contributed by atoms with Gasteiger partial charge in [0, 0.05) is 21.3 Å². The van der Waals surface area contributed by atoms with Crippen LogP contribution in [0.25, 0.3) is 0 Å². The van der Waals surface area contributed by atoms with Crippen LogP contribution in [0.3, 0.4) is 0 Å². The molecule has 0 atom stereocenters. The van der Waals surface area contributed by atoms with Crippen LogP contribution in [0.5, 0.6) is 0 Å². The summed E-state index contributed by atoms with van der Waals surface area (Å²) >= 11 is 9.68. The first-order valence-corrected chi connectivity index (χ1v) is 8.94. The second kappa shape index (κ2) is 7.48. The lowest BCUT2D eigenvalue weighted by Gasteiger charge is -2.12. The van der Waals surface area contributed by atoms with E-state index < -0.39 is 0 Å². The Balaban J connectivity index is 1.88. The average molecular weight is 434 g/mol. The molecule has 0 saturated heterocycles. The number of nitrogens with two attached hydrogens (primary N) is 1. The molecule has 3 aromatic rings. The van der Waals surface area contributed by atoms with Gasteiger partial charge in [-0.15, -0.1) is 0 Å². The summed E-state index contributed by atoms with van der Waals surface area (Å²) in [7, 11) is 0. The van der Waals surface area contributed by atoms with E-state index in [0.717, 1.165) is 10.2 Å². The van der Waals surface area contributed by atoms with Crippen LogP contribution in [0.4, 0.5) is 21.5 Å². The van der Waals surface area contributed by atoms with E-state index in [4.69, 9.17) is 17.3 Å². The summed E-state index contributed by atoms with van der Waals surface area (Å²) in [6, 6.07) is 14.6. The van der Waals surface area contributed by atoms with Gasteiger partial charge in [0.1, 0.15) is 5.82 Å². The van der Waals surface area contributed by atoms with Gasteiger partial charge in [0.15, 0.2) is 5.78 Å². The number of benzene rings is 3. The standard InChI is InChI=1S/C20H15BrClFN2O/c1-11-8-13(23)3-5-15(11)20(26)16-6-4-14(10-17(16)22)25-19-7-2-12(21)9-18(19)24/h2-10,25H,24H2,1H3. The van der Waals surface area contributed by atoms with Gasteiger partial charge in [0.25, 0.3) is 0 Å². The molecule has 0 unspecified atom stereocenters. The molecule has 0 radical (unpaired) electrons. The number of rotatable bonds is 4. The Morgan fingerprint density at radius 1 is 1.08 bits per heavy atom. The van der Waals surface area contributed by atoms with Gasteiger partial charge in [-0.3, -0.25) is 4.79 Å². The highest BCUT2D eigenvalue weighted by Gasteiger charge is 2.16. The molecule has 0 amide bonds. The third-order valence-corrected chi connectivity index (χ3v) is 4.75. The first-order valence-electron chi connectivity index (χ1n) is 7.77. The number of nitrogen functional groups attached to an aromatic ring is 1. The van der Waals surface area contributed by atoms with Crippen molar-refractivity contribution in [1.82, 2.24) is 0 Å². The summed E-state index contributed by atoms with van der Waals surface area (Å²) in [5.74, 6) is -0.626.